The fourth-order valence-corrected chi connectivity index (χ4v) is 7.31. The van der Waals surface area contributed by atoms with E-state index in [0.717, 1.165) is 6.42 Å². The Morgan fingerprint density at radius 3 is 2.43 bits per heavy atom. The second-order valence-corrected chi connectivity index (χ2v) is 18.4. The third-order valence-corrected chi connectivity index (χ3v) is 10.5. The van der Waals surface area contributed by atoms with Gasteiger partial charge >= 0.3 is 140 Å². The second-order valence-electron chi connectivity index (χ2n) is 5.82. The number of allylic oxidation sites excluding steroid dienone is 4. The summed E-state index contributed by atoms with van der Waals surface area (Å²) in [6.07, 6.45) is 7.80. The van der Waals surface area contributed by atoms with Crippen LogP contribution in [0.5, 0.6) is 0 Å². The molecule has 1 aliphatic carbocycles. The molecule has 0 aliphatic heterocycles. The van der Waals surface area contributed by atoms with E-state index in [4.69, 9.17) is 0 Å². The molecule has 0 amide bonds. The van der Waals surface area contributed by atoms with Gasteiger partial charge in [-0.2, -0.15) is 0 Å². The predicted octanol–water partition coefficient (Wildman–Crippen LogP) is 5.72. The van der Waals surface area contributed by atoms with Crippen molar-refractivity contribution in [1.82, 2.24) is 4.98 Å². The number of aromatic nitrogens is 1. The Bertz CT molecular complexity index is 750. The van der Waals surface area contributed by atoms with Gasteiger partial charge in [0.25, 0.3) is 0 Å². The van der Waals surface area contributed by atoms with Gasteiger partial charge in [0.15, 0.2) is 0 Å². The Balaban J connectivity index is 0.00000132. The van der Waals surface area contributed by atoms with Gasteiger partial charge in [0.05, 0.1) is 0 Å². The maximum absolute atomic E-state index is 4.63. The van der Waals surface area contributed by atoms with Crippen molar-refractivity contribution in [2.45, 2.75) is 25.3 Å². The van der Waals surface area contributed by atoms with Crippen LogP contribution in [0.3, 0.4) is 0 Å². The van der Waals surface area contributed by atoms with E-state index >= 15 is 0 Å². The number of pyridine rings is 1. The van der Waals surface area contributed by atoms with Gasteiger partial charge in [-0.15, -0.1) is 24.8 Å². The fourth-order valence-electron chi connectivity index (χ4n) is 2.58. The molecule has 0 fully saturated rings. The van der Waals surface area contributed by atoms with Crippen LogP contribution < -0.4 is 4.43 Å². The summed E-state index contributed by atoms with van der Waals surface area (Å²) in [6, 6.07) is 10.8. The first-order chi connectivity index (χ1) is 9.97. The van der Waals surface area contributed by atoms with Crippen LogP contribution in [0.4, 0.5) is 0 Å². The molecule has 0 N–H and O–H groups in total. The van der Waals surface area contributed by atoms with Crippen molar-refractivity contribution < 1.29 is 14.1 Å². The zero-order valence-corrected chi connectivity index (χ0v) is 18.9. The minimum absolute atomic E-state index is 0. The first kappa shape index (κ1) is 21.0. The molecular weight excluding hydrogens is 449 g/mol. The SMILES string of the molecule is Cl.Cl.[CH3][Cr]([C]1=CC=C([Si](C)(C)Br)C1)[c]1cccc2cccnc12. The first-order valence-electron chi connectivity index (χ1n) is 7.05. The average Bonchev–Trinajstić information content (AvgIpc) is 2.96. The normalized spacial score (nSPS) is 14.1. The number of nitrogens with zero attached hydrogens (tertiary/aromatic N) is 1. The number of fused-ring (bicyclic) bond motifs is 1. The Labute approximate surface area is 164 Å². The molecule has 0 spiro atoms. The van der Waals surface area contributed by atoms with E-state index in [1.807, 2.05) is 12.3 Å². The fraction of sp³-hybridized carbons (Fsp3) is 0.235. The zero-order chi connectivity index (χ0) is 15.0. The van der Waals surface area contributed by atoms with Crippen LogP contribution in [-0.2, 0) is 14.1 Å². The summed E-state index contributed by atoms with van der Waals surface area (Å²) in [5.74, 6) is 2.43. The van der Waals surface area contributed by atoms with E-state index in [1.54, 1.807) is 9.63 Å². The van der Waals surface area contributed by atoms with Crippen LogP contribution >= 0.6 is 40.1 Å². The molecule has 125 valence electrons. The van der Waals surface area contributed by atoms with Crippen molar-refractivity contribution in [3.8, 4) is 0 Å². The van der Waals surface area contributed by atoms with Crippen molar-refractivity contribution >= 4 is 62.1 Å². The number of benzene rings is 1. The van der Waals surface area contributed by atoms with Crippen LogP contribution in [0, 0.1) is 0 Å². The molecule has 0 bridgehead atoms. The number of para-hydroxylation sites is 1. The average molecular weight is 470 g/mol. The number of hydrogen-bond acceptors (Lipinski definition) is 1. The molecule has 3 rings (SSSR count). The van der Waals surface area contributed by atoms with Gasteiger partial charge < -0.3 is 0 Å². The predicted molar refractivity (Wildman–Crippen MR) is 109 cm³/mol. The molecule has 0 atom stereocenters. The molecule has 0 radical (unpaired) electrons. The van der Waals surface area contributed by atoms with Gasteiger partial charge in [-0.05, 0) is 0 Å². The topological polar surface area (TPSA) is 12.9 Å². The summed E-state index contributed by atoms with van der Waals surface area (Å²) in [5, 5.41) is 2.87. The standard InChI is InChI=1S/C9H6N.C7H10BrSi.CH3.2ClH.Cr/c1-2-6-9-8(4-1)5-3-7-10-9;1-9(2,8)7-5-3-4-6-7;;;;/h1-5,7H;3,5H,6H2,1-2H3;1H3;2*1H;. The quantitative estimate of drug-likeness (QED) is 0.413. The van der Waals surface area contributed by atoms with Crippen molar-refractivity contribution in [3.63, 3.8) is 0 Å². The summed E-state index contributed by atoms with van der Waals surface area (Å²) < 4.78 is 3.09. The van der Waals surface area contributed by atoms with Crippen LogP contribution in [-0.4, -0.2) is 11.7 Å². The maximum atomic E-state index is 4.63. The number of hydrogen-bond donors (Lipinski definition) is 0. The summed E-state index contributed by atoms with van der Waals surface area (Å²) >= 11 is 2.95. The molecule has 1 aliphatic rings. The monoisotopic (exact) mass is 468 g/mol. The molecule has 0 saturated heterocycles. The summed E-state index contributed by atoms with van der Waals surface area (Å²) in [4.78, 5) is 4.63. The molecular formula is C17H21BrCl2CrNSi. The molecule has 1 nitrogen and oxygen atoms in total. The number of halogens is 3. The molecule has 1 heterocycles. The van der Waals surface area contributed by atoms with Gasteiger partial charge in [0, 0.05) is 0 Å². The summed E-state index contributed by atoms with van der Waals surface area (Å²) in [5.41, 5.74) is 1.19. The molecule has 23 heavy (non-hydrogen) atoms. The van der Waals surface area contributed by atoms with Crippen molar-refractivity contribution in [2.75, 3.05) is 0 Å². The van der Waals surface area contributed by atoms with E-state index in [0.29, 0.717) is 0 Å². The van der Waals surface area contributed by atoms with Crippen molar-refractivity contribution in [2.24, 2.45) is 0 Å². The number of rotatable bonds is 3. The molecule has 0 saturated carbocycles. The van der Waals surface area contributed by atoms with Crippen LogP contribution in [0.15, 0.2) is 58.3 Å². The zero-order valence-electron chi connectivity index (χ0n) is 13.4. The third kappa shape index (κ3) is 4.51. The third-order valence-electron chi connectivity index (χ3n) is 3.92. The Morgan fingerprint density at radius 1 is 1.09 bits per heavy atom. The van der Waals surface area contributed by atoms with Gasteiger partial charge in [0.2, 0.25) is 0 Å². The molecule has 1 aromatic heterocycles. The summed E-state index contributed by atoms with van der Waals surface area (Å²) in [6.45, 7) is 3.38. The van der Waals surface area contributed by atoms with Gasteiger partial charge in [-0.25, -0.2) is 0 Å². The van der Waals surface area contributed by atoms with E-state index in [-0.39, 0.29) is 24.8 Å². The van der Waals surface area contributed by atoms with Crippen LogP contribution in [0.25, 0.3) is 10.9 Å². The summed E-state index contributed by atoms with van der Waals surface area (Å²) in [7, 11) is 0. The van der Waals surface area contributed by atoms with Crippen molar-refractivity contribution in [3.05, 3.63) is 58.3 Å². The van der Waals surface area contributed by atoms with Gasteiger partial charge in [-0.3, -0.25) is 0 Å². The van der Waals surface area contributed by atoms with Crippen LogP contribution in [0.1, 0.15) is 6.42 Å². The molecule has 0 unspecified atom stereocenters. The van der Waals surface area contributed by atoms with E-state index in [1.165, 1.54) is 15.3 Å². The van der Waals surface area contributed by atoms with Gasteiger partial charge in [-0.1, -0.05) is 0 Å². The van der Waals surface area contributed by atoms with Crippen LogP contribution in [0.2, 0.25) is 18.9 Å². The van der Waals surface area contributed by atoms with E-state index < -0.39 is 20.8 Å². The second kappa shape index (κ2) is 8.34. The van der Waals surface area contributed by atoms with E-state index in [2.05, 4.69) is 75.6 Å². The van der Waals surface area contributed by atoms with Crippen molar-refractivity contribution in [1.29, 1.82) is 0 Å². The Hall–Kier alpha value is -0.0806. The van der Waals surface area contributed by atoms with Gasteiger partial charge in [0.1, 0.15) is 0 Å². The van der Waals surface area contributed by atoms with E-state index in [9.17, 15) is 0 Å². The molecule has 2 aromatic rings. The Morgan fingerprint density at radius 2 is 1.78 bits per heavy atom. The molecule has 1 aromatic carbocycles. The first-order valence-corrected chi connectivity index (χ1v) is 14.9. The minimum atomic E-state index is -1.34. The molecule has 6 heteroatoms. The Kier molecular flexibility index (Phi) is 7.60.